The molecule has 0 rings (SSSR count). The molecule has 0 aliphatic heterocycles. The molecule has 2 N–H and O–H groups in total. The fourth-order valence-corrected chi connectivity index (χ4v) is 0.335. The van der Waals surface area contributed by atoms with E-state index in [0.717, 1.165) is 0 Å². The van der Waals surface area contributed by atoms with Crippen molar-refractivity contribution in [1.29, 1.82) is 0 Å². The second kappa shape index (κ2) is 4.49. The van der Waals surface area contributed by atoms with Crippen LogP contribution in [0.3, 0.4) is 0 Å². The highest BCUT2D eigenvalue weighted by Crippen LogP contribution is 1.76. The minimum Gasteiger partial charge on any atom is -0.481 e. The van der Waals surface area contributed by atoms with E-state index in [1.807, 2.05) is 5.32 Å². The van der Waals surface area contributed by atoms with E-state index < -0.39 is 18.3 Å². The number of amides is 1. The largest absolute Gasteiger partial charge is 0.481 e. The van der Waals surface area contributed by atoms with Gasteiger partial charge < -0.3 is 10.4 Å². The second-order valence-corrected chi connectivity index (χ2v) is 1.49. The van der Waals surface area contributed by atoms with Gasteiger partial charge in [0.05, 0.1) is 6.54 Å². The standard InChI is InChI=1S/C5H6NO4/c7-2-1-6-4(8)3-5(9)10/h1,3H2,(H,6,8)(H,9,10). The fourth-order valence-electron chi connectivity index (χ4n) is 0.335. The van der Waals surface area contributed by atoms with E-state index in [1.54, 1.807) is 0 Å². The lowest BCUT2D eigenvalue weighted by atomic mass is 10.4. The predicted octanol–water partition coefficient (Wildman–Crippen LogP) is -1.31. The molecule has 0 spiro atoms. The number of carboxylic acid groups (broad SMARTS) is 1. The molecule has 0 aromatic heterocycles. The molecule has 5 heteroatoms. The third kappa shape index (κ3) is 4.76. The maximum atomic E-state index is 10.3. The molecule has 0 aliphatic rings. The van der Waals surface area contributed by atoms with E-state index in [4.69, 9.17) is 5.11 Å². The van der Waals surface area contributed by atoms with Crippen LogP contribution in [0.2, 0.25) is 0 Å². The van der Waals surface area contributed by atoms with Crippen LogP contribution in [0.15, 0.2) is 0 Å². The van der Waals surface area contributed by atoms with Gasteiger partial charge in [-0.1, -0.05) is 0 Å². The lowest BCUT2D eigenvalue weighted by Gasteiger charge is -1.94. The highest BCUT2D eigenvalue weighted by atomic mass is 16.4. The highest BCUT2D eigenvalue weighted by molar-refractivity contribution is 5.93. The Hall–Kier alpha value is -1.39. The SMILES string of the molecule is O=[C]CNC(=O)CC(=O)O. The van der Waals surface area contributed by atoms with Gasteiger partial charge in [0.2, 0.25) is 12.2 Å². The smallest absolute Gasteiger partial charge is 0.312 e. The molecule has 0 saturated carbocycles. The normalized spacial score (nSPS) is 8.40. The molecule has 0 aromatic carbocycles. The molecule has 0 fully saturated rings. The van der Waals surface area contributed by atoms with Gasteiger partial charge in [0.25, 0.3) is 0 Å². The van der Waals surface area contributed by atoms with Crippen molar-refractivity contribution in [2.24, 2.45) is 0 Å². The Labute approximate surface area is 57.0 Å². The highest BCUT2D eigenvalue weighted by Gasteiger charge is 2.04. The van der Waals surface area contributed by atoms with E-state index in [1.165, 1.54) is 6.29 Å². The topological polar surface area (TPSA) is 83.5 Å². The van der Waals surface area contributed by atoms with E-state index in [0.29, 0.717) is 0 Å². The zero-order chi connectivity index (χ0) is 7.98. The van der Waals surface area contributed by atoms with Crippen molar-refractivity contribution in [3.63, 3.8) is 0 Å². The molecule has 0 saturated heterocycles. The number of hydrogen-bond acceptors (Lipinski definition) is 3. The van der Waals surface area contributed by atoms with Crippen LogP contribution in [0.25, 0.3) is 0 Å². The lowest BCUT2D eigenvalue weighted by Crippen LogP contribution is -2.26. The van der Waals surface area contributed by atoms with Crippen molar-refractivity contribution in [3.8, 4) is 0 Å². The Balaban J connectivity index is 3.43. The zero-order valence-corrected chi connectivity index (χ0v) is 5.09. The molecular weight excluding hydrogens is 138 g/mol. The predicted molar refractivity (Wildman–Crippen MR) is 31.0 cm³/mol. The van der Waals surface area contributed by atoms with Crippen LogP contribution in [-0.2, 0) is 14.4 Å². The quantitative estimate of drug-likeness (QED) is 0.479. The number of aliphatic carboxylic acids is 1. The zero-order valence-electron chi connectivity index (χ0n) is 5.09. The molecule has 0 unspecified atom stereocenters. The van der Waals surface area contributed by atoms with Crippen LogP contribution >= 0.6 is 0 Å². The van der Waals surface area contributed by atoms with Crippen molar-refractivity contribution >= 4 is 18.2 Å². The second-order valence-electron chi connectivity index (χ2n) is 1.49. The van der Waals surface area contributed by atoms with Gasteiger partial charge in [-0.3, -0.25) is 14.4 Å². The van der Waals surface area contributed by atoms with Crippen LogP contribution in [0.4, 0.5) is 0 Å². The summed E-state index contributed by atoms with van der Waals surface area (Å²) in [6.07, 6.45) is 0.788. The van der Waals surface area contributed by atoms with E-state index in [-0.39, 0.29) is 6.54 Å². The van der Waals surface area contributed by atoms with Gasteiger partial charge in [-0.2, -0.15) is 0 Å². The molecule has 1 radical (unpaired) electrons. The molecule has 0 aromatic rings. The third-order valence-electron chi connectivity index (χ3n) is 0.670. The molecule has 0 heterocycles. The summed E-state index contributed by atoms with van der Waals surface area (Å²) in [5.74, 6) is -1.90. The van der Waals surface area contributed by atoms with Gasteiger partial charge in [0.15, 0.2) is 0 Å². The molecule has 0 aliphatic carbocycles. The van der Waals surface area contributed by atoms with Crippen LogP contribution < -0.4 is 5.32 Å². The Morgan fingerprint density at radius 1 is 1.50 bits per heavy atom. The van der Waals surface area contributed by atoms with E-state index in [9.17, 15) is 14.4 Å². The van der Waals surface area contributed by atoms with Crippen LogP contribution in [0, 0.1) is 0 Å². The first-order valence-electron chi connectivity index (χ1n) is 2.50. The minimum atomic E-state index is -1.22. The van der Waals surface area contributed by atoms with Crippen molar-refractivity contribution in [2.45, 2.75) is 6.42 Å². The van der Waals surface area contributed by atoms with Gasteiger partial charge in [-0.25, -0.2) is 0 Å². The average Bonchev–Trinajstić information content (AvgIpc) is 1.82. The van der Waals surface area contributed by atoms with Crippen molar-refractivity contribution in [3.05, 3.63) is 0 Å². The number of hydrogen-bond donors (Lipinski definition) is 2. The maximum absolute atomic E-state index is 10.3. The lowest BCUT2D eigenvalue weighted by molar-refractivity contribution is -0.140. The summed E-state index contributed by atoms with van der Waals surface area (Å²) in [4.78, 5) is 29.7. The monoisotopic (exact) mass is 144 g/mol. The Bertz CT molecular complexity index is 154. The van der Waals surface area contributed by atoms with Crippen LogP contribution in [0.5, 0.6) is 0 Å². The Morgan fingerprint density at radius 3 is 2.50 bits per heavy atom. The fraction of sp³-hybridized carbons (Fsp3) is 0.400. The Morgan fingerprint density at radius 2 is 2.10 bits per heavy atom. The Kier molecular flexibility index (Phi) is 3.86. The van der Waals surface area contributed by atoms with Crippen molar-refractivity contribution in [2.75, 3.05) is 6.54 Å². The summed E-state index contributed by atoms with van der Waals surface area (Å²) < 4.78 is 0. The van der Waals surface area contributed by atoms with Crippen LogP contribution in [0.1, 0.15) is 6.42 Å². The summed E-state index contributed by atoms with van der Waals surface area (Å²) in [6, 6.07) is 0. The first kappa shape index (κ1) is 8.61. The maximum Gasteiger partial charge on any atom is 0.312 e. The van der Waals surface area contributed by atoms with Crippen LogP contribution in [-0.4, -0.2) is 29.8 Å². The summed E-state index contributed by atoms with van der Waals surface area (Å²) in [7, 11) is 0. The van der Waals surface area contributed by atoms with Crippen molar-refractivity contribution < 1.29 is 19.5 Å². The number of nitrogens with one attached hydrogen (secondary N) is 1. The van der Waals surface area contributed by atoms with Crippen molar-refractivity contribution in [1.82, 2.24) is 5.32 Å². The number of carbonyl (C=O) groups is 2. The number of carboxylic acids is 1. The number of rotatable bonds is 4. The van der Waals surface area contributed by atoms with Gasteiger partial charge in [0, 0.05) is 0 Å². The summed E-state index contributed by atoms with van der Waals surface area (Å²) in [5, 5.41) is 10.0. The molecule has 10 heavy (non-hydrogen) atoms. The van der Waals surface area contributed by atoms with Gasteiger partial charge >= 0.3 is 5.97 Å². The van der Waals surface area contributed by atoms with Gasteiger partial charge in [-0.15, -0.1) is 0 Å². The van der Waals surface area contributed by atoms with Gasteiger partial charge in [-0.05, 0) is 0 Å². The summed E-state index contributed by atoms with van der Waals surface area (Å²) >= 11 is 0. The molecule has 55 valence electrons. The van der Waals surface area contributed by atoms with E-state index in [2.05, 4.69) is 0 Å². The first-order valence-corrected chi connectivity index (χ1v) is 2.50. The molecule has 1 amide bonds. The molecular formula is C5H6NO4. The molecule has 5 nitrogen and oxygen atoms in total. The average molecular weight is 144 g/mol. The number of carbonyl (C=O) groups excluding carboxylic acids is 2. The molecule has 0 bridgehead atoms. The first-order chi connectivity index (χ1) is 4.66. The summed E-state index contributed by atoms with van der Waals surface area (Å²) in [6.45, 7) is -0.258. The third-order valence-corrected chi connectivity index (χ3v) is 0.670. The van der Waals surface area contributed by atoms with E-state index >= 15 is 0 Å². The molecule has 0 atom stereocenters. The minimum absolute atomic E-state index is 0.258. The van der Waals surface area contributed by atoms with Gasteiger partial charge in [0.1, 0.15) is 6.42 Å². The summed E-state index contributed by atoms with van der Waals surface area (Å²) in [5.41, 5.74) is 0.